The average molecular weight is 382 g/mol. The lowest BCUT2D eigenvalue weighted by Gasteiger charge is -2.19. The number of nitrogens with zero attached hydrogens (tertiary/aromatic N) is 2. The van der Waals surface area contributed by atoms with Gasteiger partial charge in [-0.1, -0.05) is 11.2 Å². The van der Waals surface area contributed by atoms with E-state index in [4.69, 9.17) is 9.26 Å². The lowest BCUT2D eigenvalue weighted by molar-refractivity contribution is -0.130. The number of carbonyl (C=O) groups is 1. The van der Waals surface area contributed by atoms with Gasteiger partial charge >= 0.3 is 6.61 Å². The fourth-order valence-corrected chi connectivity index (χ4v) is 2.76. The highest BCUT2D eigenvalue weighted by atomic mass is 19.3. The van der Waals surface area contributed by atoms with Crippen molar-refractivity contribution in [1.29, 1.82) is 0 Å². The van der Waals surface area contributed by atoms with Gasteiger partial charge in [0.05, 0.1) is 12.3 Å². The number of benzene rings is 1. The summed E-state index contributed by atoms with van der Waals surface area (Å²) in [4.78, 5) is 14.0. The molecule has 0 aliphatic carbocycles. The highest BCUT2D eigenvalue weighted by molar-refractivity contribution is 5.76. The van der Waals surface area contributed by atoms with Gasteiger partial charge in [-0.2, -0.15) is 8.78 Å². The van der Waals surface area contributed by atoms with Gasteiger partial charge in [-0.3, -0.25) is 4.79 Å². The summed E-state index contributed by atoms with van der Waals surface area (Å²) < 4.78 is 39.9. The highest BCUT2D eigenvalue weighted by Crippen LogP contribution is 2.30. The van der Waals surface area contributed by atoms with Gasteiger partial charge in [0.2, 0.25) is 5.91 Å². The smallest absolute Gasteiger partial charge is 0.387 e. The standard InChI is InChI=1S/C19H24F2N2O4/c1-5-25-17-10-14(6-8-16(17)26-19(20)21)11-23(4)18(24)9-7-15-12(2)22-27-13(15)3/h6,8,10,19H,5,7,9,11H2,1-4H3. The Morgan fingerprint density at radius 3 is 2.63 bits per heavy atom. The second-order valence-corrected chi connectivity index (χ2v) is 6.15. The summed E-state index contributed by atoms with van der Waals surface area (Å²) in [7, 11) is 1.69. The number of hydrogen-bond acceptors (Lipinski definition) is 5. The van der Waals surface area contributed by atoms with Crippen molar-refractivity contribution in [3.05, 3.63) is 40.8 Å². The fourth-order valence-electron chi connectivity index (χ4n) is 2.76. The number of carbonyl (C=O) groups excluding carboxylic acids is 1. The summed E-state index contributed by atoms with van der Waals surface area (Å²) in [6.07, 6.45) is 0.875. The monoisotopic (exact) mass is 382 g/mol. The molecule has 6 nitrogen and oxygen atoms in total. The van der Waals surface area contributed by atoms with Crippen molar-refractivity contribution in [1.82, 2.24) is 10.1 Å². The van der Waals surface area contributed by atoms with Gasteiger partial charge in [0.1, 0.15) is 5.76 Å². The van der Waals surface area contributed by atoms with Gasteiger partial charge in [-0.25, -0.2) is 0 Å². The van der Waals surface area contributed by atoms with Crippen molar-refractivity contribution in [2.45, 2.75) is 46.8 Å². The van der Waals surface area contributed by atoms with Crippen LogP contribution in [0.2, 0.25) is 0 Å². The molecule has 0 atom stereocenters. The molecule has 1 heterocycles. The Balaban J connectivity index is 2.00. The Morgan fingerprint density at radius 1 is 1.30 bits per heavy atom. The summed E-state index contributed by atoms with van der Waals surface area (Å²) in [6, 6.07) is 4.67. The zero-order valence-electron chi connectivity index (χ0n) is 15.9. The van der Waals surface area contributed by atoms with Crippen LogP contribution in [0.1, 0.15) is 35.9 Å². The Hall–Kier alpha value is -2.64. The maximum absolute atomic E-state index is 12.5. The molecule has 148 valence electrons. The van der Waals surface area contributed by atoms with Crippen LogP contribution >= 0.6 is 0 Å². The quantitative estimate of drug-likeness (QED) is 0.658. The van der Waals surface area contributed by atoms with Crippen molar-refractivity contribution in [3.8, 4) is 11.5 Å². The van der Waals surface area contributed by atoms with Crippen molar-refractivity contribution < 1.29 is 27.6 Å². The SMILES string of the molecule is CCOc1cc(CN(C)C(=O)CCc2c(C)noc2C)ccc1OC(F)F. The third-order valence-corrected chi connectivity index (χ3v) is 4.14. The summed E-state index contributed by atoms with van der Waals surface area (Å²) in [5.41, 5.74) is 2.50. The molecule has 0 aliphatic rings. The van der Waals surface area contributed by atoms with Crippen LogP contribution in [0.25, 0.3) is 0 Å². The molecule has 0 saturated heterocycles. The van der Waals surface area contributed by atoms with E-state index in [1.165, 1.54) is 6.07 Å². The van der Waals surface area contributed by atoms with Gasteiger partial charge < -0.3 is 18.9 Å². The maximum Gasteiger partial charge on any atom is 0.387 e. The van der Waals surface area contributed by atoms with Crippen LogP contribution in [0.3, 0.4) is 0 Å². The molecule has 0 unspecified atom stereocenters. The summed E-state index contributed by atoms with van der Waals surface area (Å²) in [6.45, 7) is 3.14. The minimum absolute atomic E-state index is 0.0250. The van der Waals surface area contributed by atoms with Gasteiger partial charge in [0.25, 0.3) is 0 Å². The molecule has 0 aliphatic heterocycles. The molecule has 1 aromatic heterocycles. The van der Waals surface area contributed by atoms with Crippen LogP contribution in [0.15, 0.2) is 22.7 Å². The molecule has 0 bridgehead atoms. The molecule has 0 N–H and O–H groups in total. The van der Waals surface area contributed by atoms with Crippen molar-refractivity contribution in [2.24, 2.45) is 0 Å². The van der Waals surface area contributed by atoms with Crippen molar-refractivity contribution >= 4 is 5.91 Å². The number of hydrogen-bond donors (Lipinski definition) is 0. The summed E-state index contributed by atoms with van der Waals surface area (Å²) in [5.74, 6) is 0.884. The van der Waals surface area contributed by atoms with Gasteiger partial charge in [-0.05, 0) is 44.9 Å². The zero-order valence-corrected chi connectivity index (χ0v) is 15.9. The minimum Gasteiger partial charge on any atom is -0.490 e. The minimum atomic E-state index is -2.93. The van der Waals surface area contributed by atoms with E-state index in [1.54, 1.807) is 31.0 Å². The normalized spacial score (nSPS) is 10.9. The molecular formula is C19H24F2N2O4. The van der Waals surface area contributed by atoms with E-state index in [9.17, 15) is 13.6 Å². The van der Waals surface area contributed by atoms with E-state index in [0.29, 0.717) is 26.0 Å². The first-order chi connectivity index (χ1) is 12.8. The third kappa shape index (κ3) is 5.67. The molecule has 0 saturated carbocycles. The van der Waals surface area contributed by atoms with Gasteiger partial charge in [0.15, 0.2) is 11.5 Å². The molecule has 0 radical (unpaired) electrons. The second kappa shape index (κ2) is 9.34. The molecular weight excluding hydrogens is 358 g/mol. The van der Waals surface area contributed by atoms with Crippen molar-refractivity contribution in [3.63, 3.8) is 0 Å². The highest BCUT2D eigenvalue weighted by Gasteiger charge is 2.16. The number of alkyl halides is 2. The van der Waals surface area contributed by atoms with E-state index < -0.39 is 6.61 Å². The van der Waals surface area contributed by atoms with Crippen LogP contribution in [-0.4, -0.2) is 36.2 Å². The third-order valence-electron chi connectivity index (χ3n) is 4.14. The molecule has 0 spiro atoms. The van der Waals surface area contributed by atoms with E-state index in [1.807, 2.05) is 13.8 Å². The number of aromatic nitrogens is 1. The molecule has 2 rings (SSSR count). The van der Waals surface area contributed by atoms with Crippen LogP contribution in [-0.2, 0) is 17.8 Å². The van der Waals surface area contributed by atoms with E-state index in [-0.39, 0.29) is 17.4 Å². The number of aryl methyl sites for hydroxylation is 2. The summed E-state index contributed by atoms with van der Waals surface area (Å²) >= 11 is 0. The molecule has 1 aromatic carbocycles. The van der Waals surface area contributed by atoms with Gasteiger partial charge in [0, 0.05) is 25.6 Å². The number of rotatable bonds is 9. The first-order valence-electron chi connectivity index (χ1n) is 8.68. The summed E-state index contributed by atoms with van der Waals surface area (Å²) in [5, 5.41) is 3.88. The largest absolute Gasteiger partial charge is 0.490 e. The lowest BCUT2D eigenvalue weighted by Crippen LogP contribution is -2.26. The van der Waals surface area contributed by atoms with E-state index >= 15 is 0 Å². The predicted octanol–water partition coefficient (Wildman–Crippen LogP) is 3.88. The predicted molar refractivity (Wildman–Crippen MR) is 95.0 cm³/mol. The van der Waals surface area contributed by atoms with Crippen LogP contribution in [0.5, 0.6) is 11.5 Å². The van der Waals surface area contributed by atoms with Crippen LogP contribution in [0.4, 0.5) is 8.78 Å². The molecule has 1 amide bonds. The molecule has 27 heavy (non-hydrogen) atoms. The van der Waals surface area contributed by atoms with Crippen LogP contribution in [0, 0.1) is 13.8 Å². The first kappa shape index (κ1) is 20.7. The molecule has 8 heteroatoms. The molecule has 0 fully saturated rings. The number of halogens is 2. The van der Waals surface area contributed by atoms with Crippen molar-refractivity contribution in [2.75, 3.05) is 13.7 Å². The topological polar surface area (TPSA) is 64.8 Å². The Kier molecular flexibility index (Phi) is 7.15. The Labute approximate surface area is 157 Å². The fraction of sp³-hybridized carbons (Fsp3) is 0.474. The zero-order chi connectivity index (χ0) is 20.0. The lowest BCUT2D eigenvalue weighted by atomic mass is 10.1. The molecule has 2 aromatic rings. The van der Waals surface area contributed by atoms with Gasteiger partial charge in [-0.15, -0.1) is 0 Å². The first-order valence-corrected chi connectivity index (χ1v) is 8.68. The van der Waals surface area contributed by atoms with Crippen LogP contribution < -0.4 is 9.47 Å². The Morgan fingerprint density at radius 2 is 2.04 bits per heavy atom. The number of amides is 1. The average Bonchev–Trinajstić information content (AvgIpc) is 2.93. The maximum atomic E-state index is 12.5. The Bertz CT molecular complexity index is 758. The van der Waals surface area contributed by atoms with E-state index in [2.05, 4.69) is 9.89 Å². The second-order valence-electron chi connectivity index (χ2n) is 6.15. The van der Waals surface area contributed by atoms with E-state index in [0.717, 1.165) is 22.6 Å². The number of ether oxygens (including phenoxy) is 2.